The second kappa shape index (κ2) is 5.76. The SMILES string of the molecule is NNc1ccccc1S(=O)(=O)Nc1cccc(I)c1. The summed E-state index contributed by atoms with van der Waals surface area (Å²) in [5.74, 6) is 5.32. The van der Waals surface area contributed by atoms with Gasteiger partial charge in [-0.25, -0.2) is 8.42 Å². The molecule has 0 bridgehead atoms. The van der Waals surface area contributed by atoms with Crippen molar-refractivity contribution in [1.29, 1.82) is 0 Å². The highest BCUT2D eigenvalue weighted by Gasteiger charge is 2.17. The van der Waals surface area contributed by atoms with Gasteiger partial charge in [-0.2, -0.15) is 0 Å². The van der Waals surface area contributed by atoms with Crippen LogP contribution >= 0.6 is 22.6 Å². The summed E-state index contributed by atoms with van der Waals surface area (Å²) in [7, 11) is -3.67. The van der Waals surface area contributed by atoms with Crippen LogP contribution < -0.4 is 16.0 Å². The number of nitrogens with two attached hydrogens (primary N) is 1. The lowest BCUT2D eigenvalue weighted by molar-refractivity contribution is 0.601. The van der Waals surface area contributed by atoms with Crippen molar-refractivity contribution in [2.75, 3.05) is 10.1 Å². The highest BCUT2D eigenvalue weighted by atomic mass is 127. The molecule has 2 rings (SSSR count). The third kappa shape index (κ3) is 3.37. The van der Waals surface area contributed by atoms with Crippen LogP contribution in [-0.4, -0.2) is 8.42 Å². The van der Waals surface area contributed by atoms with E-state index in [0.29, 0.717) is 11.4 Å². The molecular formula is C12H12IN3O2S. The number of anilines is 2. The molecule has 0 aromatic heterocycles. The molecule has 0 radical (unpaired) electrons. The average Bonchev–Trinajstić information content (AvgIpc) is 2.38. The quantitative estimate of drug-likeness (QED) is 0.426. The predicted molar refractivity (Wildman–Crippen MR) is 84.2 cm³/mol. The Morgan fingerprint density at radius 3 is 2.47 bits per heavy atom. The molecule has 0 spiro atoms. The fourth-order valence-electron chi connectivity index (χ4n) is 1.58. The van der Waals surface area contributed by atoms with E-state index in [1.807, 2.05) is 6.07 Å². The lowest BCUT2D eigenvalue weighted by Crippen LogP contribution is -2.17. The van der Waals surface area contributed by atoms with Gasteiger partial charge in [-0.15, -0.1) is 0 Å². The van der Waals surface area contributed by atoms with Gasteiger partial charge >= 0.3 is 0 Å². The minimum Gasteiger partial charge on any atom is -0.323 e. The Hall–Kier alpha value is -1.32. The van der Waals surface area contributed by atoms with Gasteiger partial charge in [-0.05, 0) is 52.9 Å². The predicted octanol–water partition coefficient (Wildman–Crippen LogP) is 2.38. The summed E-state index contributed by atoms with van der Waals surface area (Å²) in [6.45, 7) is 0. The van der Waals surface area contributed by atoms with Gasteiger partial charge in [0, 0.05) is 9.26 Å². The highest BCUT2D eigenvalue weighted by molar-refractivity contribution is 14.1. The van der Waals surface area contributed by atoms with Crippen molar-refractivity contribution in [3.05, 3.63) is 52.1 Å². The van der Waals surface area contributed by atoms with Crippen molar-refractivity contribution in [3.8, 4) is 0 Å². The van der Waals surface area contributed by atoms with E-state index in [0.717, 1.165) is 3.57 Å². The maximum Gasteiger partial charge on any atom is 0.264 e. The first kappa shape index (κ1) is 14.1. The van der Waals surface area contributed by atoms with Crippen molar-refractivity contribution in [2.24, 2.45) is 5.84 Å². The molecule has 0 saturated heterocycles. The standard InChI is InChI=1S/C12H12IN3O2S/c13-9-4-3-5-10(8-9)16-19(17,18)12-7-2-1-6-11(12)15-14/h1-8,15-16H,14H2. The van der Waals surface area contributed by atoms with Gasteiger partial charge < -0.3 is 5.43 Å². The van der Waals surface area contributed by atoms with Gasteiger partial charge in [0.1, 0.15) is 4.90 Å². The Balaban J connectivity index is 2.38. The second-order valence-corrected chi connectivity index (χ2v) is 6.65. The normalized spacial score (nSPS) is 11.1. The van der Waals surface area contributed by atoms with Gasteiger partial charge in [0.25, 0.3) is 10.0 Å². The van der Waals surface area contributed by atoms with Crippen LogP contribution in [-0.2, 0) is 10.0 Å². The molecule has 2 aromatic carbocycles. The molecule has 19 heavy (non-hydrogen) atoms. The van der Waals surface area contributed by atoms with E-state index in [1.54, 1.807) is 36.4 Å². The Bertz CT molecular complexity index is 689. The van der Waals surface area contributed by atoms with E-state index in [9.17, 15) is 8.42 Å². The van der Waals surface area contributed by atoms with Crippen molar-refractivity contribution in [3.63, 3.8) is 0 Å². The van der Waals surface area contributed by atoms with Crippen LogP contribution in [0.2, 0.25) is 0 Å². The lowest BCUT2D eigenvalue weighted by Gasteiger charge is -2.11. The molecule has 0 aliphatic carbocycles. The summed E-state index contributed by atoms with van der Waals surface area (Å²) in [4.78, 5) is 0.108. The van der Waals surface area contributed by atoms with Gasteiger partial charge in [0.05, 0.1) is 5.69 Å². The molecule has 2 aromatic rings. The topological polar surface area (TPSA) is 84.2 Å². The summed E-state index contributed by atoms with van der Waals surface area (Å²) < 4.78 is 28.0. The summed E-state index contributed by atoms with van der Waals surface area (Å²) in [6, 6.07) is 13.5. The van der Waals surface area contributed by atoms with Crippen molar-refractivity contribution >= 4 is 44.0 Å². The van der Waals surface area contributed by atoms with Crippen LogP contribution in [0, 0.1) is 3.57 Å². The Labute approximate surface area is 125 Å². The van der Waals surface area contributed by atoms with Crippen LogP contribution in [0.15, 0.2) is 53.4 Å². The molecule has 7 heteroatoms. The number of nitrogen functional groups attached to an aromatic ring is 1. The Morgan fingerprint density at radius 1 is 1.05 bits per heavy atom. The zero-order valence-corrected chi connectivity index (χ0v) is 12.8. The molecule has 0 unspecified atom stereocenters. The van der Waals surface area contributed by atoms with Crippen molar-refractivity contribution < 1.29 is 8.42 Å². The Kier molecular flexibility index (Phi) is 4.27. The van der Waals surface area contributed by atoms with E-state index >= 15 is 0 Å². The third-order valence-corrected chi connectivity index (χ3v) is 4.52. The molecule has 0 saturated carbocycles. The van der Waals surface area contributed by atoms with Crippen LogP contribution in [0.25, 0.3) is 0 Å². The average molecular weight is 389 g/mol. The highest BCUT2D eigenvalue weighted by Crippen LogP contribution is 2.23. The van der Waals surface area contributed by atoms with E-state index in [1.165, 1.54) is 6.07 Å². The number of halogens is 1. The summed E-state index contributed by atoms with van der Waals surface area (Å²) in [5.41, 5.74) is 3.24. The number of hydrazine groups is 1. The molecule has 100 valence electrons. The van der Waals surface area contributed by atoms with Crippen molar-refractivity contribution in [1.82, 2.24) is 0 Å². The number of benzene rings is 2. The molecular weight excluding hydrogens is 377 g/mol. The monoisotopic (exact) mass is 389 g/mol. The van der Waals surface area contributed by atoms with Gasteiger partial charge in [-0.3, -0.25) is 10.6 Å². The van der Waals surface area contributed by atoms with Gasteiger partial charge in [0.2, 0.25) is 0 Å². The maximum absolute atomic E-state index is 12.3. The van der Waals surface area contributed by atoms with Gasteiger partial charge in [-0.1, -0.05) is 18.2 Å². The van der Waals surface area contributed by atoms with E-state index in [2.05, 4.69) is 32.7 Å². The largest absolute Gasteiger partial charge is 0.323 e. The third-order valence-electron chi connectivity index (χ3n) is 2.41. The smallest absolute Gasteiger partial charge is 0.264 e. The lowest BCUT2D eigenvalue weighted by atomic mass is 10.3. The Morgan fingerprint density at radius 2 is 1.79 bits per heavy atom. The van der Waals surface area contributed by atoms with Crippen LogP contribution in [0.1, 0.15) is 0 Å². The molecule has 4 N–H and O–H groups in total. The molecule has 5 nitrogen and oxygen atoms in total. The second-order valence-electron chi connectivity index (χ2n) is 3.76. The minimum absolute atomic E-state index is 0.108. The van der Waals surface area contributed by atoms with E-state index < -0.39 is 10.0 Å². The first-order valence-electron chi connectivity index (χ1n) is 5.37. The number of nitrogens with one attached hydrogen (secondary N) is 2. The number of sulfonamides is 1. The van der Waals surface area contributed by atoms with Crippen LogP contribution in [0.3, 0.4) is 0 Å². The summed E-state index contributed by atoms with van der Waals surface area (Å²) in [5, 5.41) is 0. The van der Waals surface area contributed by atoms with Crippen LogP contribution in [0.4, 0.5) is 11.4 Å². The molecule has 0 aliphatic heterocycles. The summed E-state index contributed by atoms with van der Waals surface area (Å²) in [6.07, 6.45) is 0. The number of hydrogen-bond donors (Lipinski definition) is 3. The molecule has 0 fully saturated rings. The molecule has 0 atom stereocenters. The first-order chi connectivity index (χ1) is 9.03. The number of hydrogen-bond acceptors (Lipinski definition) is 4. The molecule has 0 heterocycles. The fourth-order valence-corrected chi connectivity index (χ4v) is 3.35. The maximum atomic E-state index is 12.3. The minimum atomic E-state index is -3.67. The van der Waals surface area contributed by atoms with Crippen molar-refractivity contribution in [2.45, 2.75) is 4.90 Å². The van der Waals surface area contributed by atoms with Crippen LogP contribution in [0.5, 0.6) is 0 Å². The first-order valence-corrected chi connectivity index (χ1v) is 7.93. The summed E-state index contributed by atoms with van der Waals surface area (Å²) >= 11 is 2.12. The fraction of sp³-hybridized carbons (Fsp3) is 0. The van der Waals surface area contributed by atoms with E-state index in [4.69, 9.17) is 5.84 Å². The number of para-hydroxylation sites is 1. The number of rotatable bonds is 4. The molecule has 0 amide bonds. The molecule has 0 aliphatic rings. The zero-order chi connectivity index (χ0) is 13.9. The van der Waals surface area contributed by atoms with E-state index in [-0.39, 0.29) is 4.90 Å². The van der Waals surface area contributed by atoms with Gasteiger partial charge in [0.15, 0.2) is 0 Å². The zero-order valence-electron chi connectivity index (χ0n) is 9.80.